The molecule has 2 amide bonds. The topological polar surface area (TPSA) is 87.2 Å². The summed E-state index contributed by atoms with van der Waals surface area (Å²) in [5, 5.41) is 0. The number of rotatable bonds is 7. The number of hydrogen-bond acceptors (Lipinski definition) is 6. The zero-order valence-corrected chi connectivity index (χ0v) is 20.4. The molecule has 0 aromatic heterocycles. The van der Waals surface area contributed by atoms with Crippen LogP contribution in [0.3, 0.4) is 0 Å². The predicted molar refractivity (Wildman–Crippen MR) is 127 cm³/mol. The number of ether oxygens (including phenoxy) is 1. The van der Waals surface area contributed by atoms with Gasteiger partial charge in [0.25, 0.3) is 5.91 Å². The highest BCUT2D eigenvalue weighted by atomic mass is 32.2. The molecular weight excluding hydrogens is 442 g/mol. The number of sulfonamides is 1. The van der Waals surface area contributed by atoms with Crippen molar-refractivity contribution >= 4 is 27.5 Å². The molecule has 0 unspecified atom stereocenters. The monoisotopic (exact) mass is 477 g/mol. The second-order valence-corrected chi connectivity index (χ2v) is 11.5. The predicted octanol–water partition coefficient (Wildman–Crippen LogP) is 2.49. The van der Waals surface area contributed by atoms with E-state index in [2.05, 4.69) is 4.90 Å². The SMILES string of the molecule is CCCOc1ccc(N2C(=O)C[C@@H](N3CCC(C4CCN(S(C)(=O)=O)CC4)CC3)C2=O)cc1. The molecule has 0 radical (unpaired) electrons. The summed E-state index contributed by atoms with van der Waals surface area (Å²) < 4.78 is 30.7. The van der Waals surface area contributed by atoms with Gasteiger partial charge in [0, 0.05) is 13.1 Å². The molecule has 33 heavy (non-hydrogen) atoms. The summed E-state index contributed by atoms with van der Waals surface area (Å²) in [6, 6.07) is 6.77. The Hall–Kier alpha value is -1.97. The summed E-state index contributed by atoms with van der Waals surface area (Å²) in [6.07, 6.45) is 6.22. The zero-order valence-electron chi connectivity index (χ0n) is 19.6. The van der Waals surface area contributed by atoms with Crippen molar-refractivity contribution in [3.05, 3.63) is 24.3 Å². The van der Waals surface area contributed by atoms with Crippen LogP contribution in [0.4, 0.5) is 5.69 Å². The fraction of sp³-hybridized carbons (Fsp3) is 0.667. The van der Waals surface area contributed by atoms with Gasteiger partial charge in [0.15, 0.2) is 0 Å². The molecule has 3 saturated heterocycles. The summed E-state index contributed by atoms with van der Waals surface area (Å²) in [5.41, 5.74) is 0.601. The molecule has 3 heterocycles. The lowest BCUT2D eigenvalue weighted by Crippen LogP contribution is -2.47. The van der Waals surface area contributed by atoms with E-state index in [-0.39, 0.29) is 24.3 Å². The van der Waals surface area contributed by atoms with Gasteiger partial charge in [-0.2, -0.15) is 0 Å². The number of hydrogen-bond donors (Lipinski definition) is 0. The van der Waals surface area contributed by atoms with Gasteiger partial charge in [0.05, 0.1) is 31.0 Å². The Labute approximate surface area is 196 Å². The van der Waals surface area contributed by atoms with E-state index in [0.717, 1.165) is 50.9 Å². The Morgan fingerprint density at radius 1 is 0.939 bits per heavy atom. The molecule has 182 valence electrons. The lowest BCUT2D eigenvalue weighted by molar-refractivity contribution is -0.123. The van der Waals surface area contributed by atoms with Crippen molar-refractivity contribution in [3.8, 4) is 5.75 Å². The van der Waals surface area contributed by atoms with Gasteiger partial charge < -0.3 is 4.74 Å². The molecule has 3 fully saturated rings. The second-order valence-electron chi connectivity index (χ2n) is 9.50. The fourth-order valence-corrected chi connectivity index (χ4v) is 6.34. The van der Waals surface area contributed by atoms with Gasteiger partial charge in [-0.25, -0.2) is 17.6 Å². The van der Waals surface area contributed by atoms with E-state index in [0.29, 0.717) is 37.2 Å². The van der Waals surface area contributed by atoms with Gasteiger partial charge in [-0.1, -0.05) is 6.92 Å². The first-order valence-corrected chi connectivity index (χ1v) is 13.9. The summed E-state index contributed by atoms with van der Waals surface area (Å²) >= 11 is 0. The fourth-order valence-electron chi connectivity index (χ4n) is 5.47. The van der Waals surface area contributed by atoms with Crippen LogP contribution in [0.15, 0.2) is 24.3 Å². The molecule has 0 saturated carbocycles. The number of nitrogens with zero attached hydrogens (tertiary/aromatic N) is 3. The number of carbonyl (C=O) groups is 2. The van der Waals surface area contributed by atoms with Crippen molar-refractivity contribution in [1.82, 2.24) is 9.21 Å². The van der Waals surface area contributed by atoms with Gasteiger partial charge >= 0.3 is 0 Å². The smallest absolute Gasteiger partial charge is 0.251 e. The average Bonchev–Trinajstić information content (AvgIpc) is 3.11. The van der Waals surface area contributed by atoms with E-state index in [1.165, 1.54) is 11.2 Å². The number of piperidine rings is 2. The van der Waals surface area contributed by atoms with E-state index >= 15 is 0 Å². The number of likely N-dealkylation sites (tertiary alicyclic amines) is 1. The van der Waals surface area contributed by atoms with E-state index in [4.69, 9.17) is 4.74 Å². The van der Waals surface area contributed by atoms with Crippen molar-refractivity contribution in [2.75, 3.05) is 43.9 Å². The van der Waals surface area contributed by atoms with Gasteiger partial charge in [0.2, 0.25) is 15.9 Å². The molecule has 0 aliphatic carbocycles. The highest BCUT2D eigenvalue weighted by Gasteiger charge is 2.44. The van der Waals surface area contributed by atoms with Crippen LogP contribution in [0.1, 0.15) is 45.4 Å². The van der Waals surface area contributed by atoms with Crippen LogP contribution < -0.4 is 9.64 Å². The first kappa shape index (κ1) is 24.2. The molecule has 3 aliphatic heterocycles. The quantitative estimate of drug-likeness (QED) is 0.561. The third kappa shape index (κ3) is 5.41. The molecule has 9 heteroatoms. The van der Waals surface area contributed by atoms with Crippen LogP contribution in [-0.4, -0.2) is 74.5 Å². The van der Waals surface area contributed by atoms with E-state index < -0.39 is 10.0 Å². The largest absolute Gasteiger partial charge is 0.494 e. The highest BCUT2D eigenvalue weighted by Crippen LogP contribution is 2.35. The summed E-state index contributed by atoms with van der Waals surface area (Å²) in [6.45, 7) is 5.50. The van der Waals surface area contributed by atoms with Crippen LogP contribution in [0.2, 0.25) is 0 Å². The molecule has 4 rings (SSSR count). The van der Waals surface area contributed by atoms with Gasteiger partial charge in [-0.05, 0) is 81.3 Å². The standard InChI is InChI=1S/C24H35N3O5S/c1-3-16-32-21-6-4-20(5-7-21)27-23(28)17-22(24(27)29)25-12-8-18(9-13-25)19-10-14-26(15-11-19)33(2,30)31/h4-7,18-19,22H,3,8-17H2,1-2H3/t22-/m1/s1. The Morgan fingerprint density at radius 2 is 1.52 bits per heavy atom. The Kier molecular flexibility index (Phi) is 7.40. The van der Waals surface area contributed by atoms with Crippen molar-refractivity contribution in [3.63, 3.8) is 0 Å². The van der Waals surface area contributed by atoms with Crippen molar-refractivity contribution in [1.29, 1.82) is 0 Å². The first-order valence-electron chi connectivity index (χ1n) is 12.1. The zero-order chi connectivity index (χ0) is 23.6. The van der Waals surface area contributed by atoms with Crippen LogP contribution in [0, 0.1) is 11.8 Å². The summed E-state index contributed by atoms with van der Waals surface area (Å²) in [4.78, 5) is 29.4. The number of imide groups is 1. The number of amides is 2. The van der Waals surface area contributed by atoms with Crippen LogP contribution in [0.25, 0.3) is 0 Å². The van der Waals surface area contributed by atoms with Gasteiger partial charge in [-0.3, -0.25) is 14.5 Å². The van der Waals surface area contributed by atoms with E-state index in [1.54, 1.807) is 28.6 Å². The average molecular weight is 478 g/mol. The molecule has 8 nitrogen and oxygen atoms in total. The van der Waals surface area contributed by atoms with E-state index in [9.17, 15) is 18.0 Å². The van der Waals surface area contributed by atoms with E-state index in [1.807, 2.05) is 6.92 Å². The molecule has 0 N–H and O–H groups in total. The Morgan fingerprint density at radius 3 is 2.06 bits per heavy atom. The summed E-state index contributed by atoms with van der Waals surface area (Å²) in [5.74, 6) is 1.54. The number of carbonyl (C=O) groups excluding carboxylic acids is 2. The van der Waals surface area contributed by atoms with Gasteiger partial charge in [0.1, 0.15) is 5.75 Å². The second kappa shape index (κ2) is 10.1. The minimum absolute atomic E-state index is 0.137. The van der Waals surface area contributed by atoms with Crippen molar-refractivity contribution in [2.24, 2.45) is 11.8 Å². The minimum atomic E-state index is -3.10. The third-order valence-corrected chi connectivity index (χ3v) is 8.64. The maximum atomic E-state index is 13.2. The lowest BCUT2D eigenvalue weighted by atomic mass is 9.79. The van der Waals surface area contributed by atoms with Gasteiger partial charge in [-0.15, -0.1) is 0 Å². The molecular formula is C24H35N3O5S. The molecule has 0 bridgehead atoms. The Balaban J connectivity index is 1.31. The molecule has 1 aromatic carbocycles. The molecule has 0 spiro atoms. The van der Waals surface area contributed by atoms with Crippen molar-refractivity contribution in [2.45, 2.75) is 51.5 Å². The maximum Gasteiger partial charge on any atom is 0.251 e. The van der Waals surface area contributed by atoms with Crippen LogP contribution in [0.5, 0.6) is 5.75 Å². The highest BCUT2D eigenvalue weighted by molar-refractivity contribution is 7.88. The number of benzene rings is 1. The number of anilines is 1. The minimum Gasteiger partial charge on any atom is -0.494 e. The maximum absolute atomic E-state index is 13.2. The van der Waals surface area contributed by atoms with Crippen molar-refractivity contribution < 1.29 is 22.7 Å². The van der Waals surface area contributed by atoms with Crippen LogP contribution in [-0.2, 0) is 19.6 Å². The summed E-state index contributed by atoms with van der Waals surface area (Å²) in [7, 11) is -3.10. The first-order chi connectivity index (χ1) is 15.8. The Bertz CT molecular complexity index is 949. The lowest BCUT2D eigenvalue weighted by Gasteiger charge is -2.40. The van der Waals surface area contributed by atoms with Crippen LogP contribution >= 0.6 is 0 Å². The molecule has 1 atom stereocenters. The molecule has 1 aromatic rings. The molecule has 3 aliphatic rings. The third-order valence-electron chi connectivity index (χ3n) is 7.34. The normalized spacial score (nSPS) is 24.5.